The zero-order valence-electron chi connectivity index (χ0n) is 10.6. The normalized spacial score (nSPS) is 19.4. The van der Waals surface area contributed by atoms with Gasteiger partial charge in [-0.3, -0.25) is 9.69 Å². The molecule has 1 unspecified atom stereocenters. The molecule has 94 valence electrons. The molecule has 0 bridgehead atoms. The molecular formula is C12H25N3O. The van der Waals surface area contributed by atoms with Gasteiger partial charge < -0.3 is 10.6 Å². The number of hydrogen-bond acceptors (Lipinski definition) is 3. The van der Waals surface area contributed by atoms with Crippen LogP contribution < -0.4 is 10.6 Å². The van der Waals surface area contributed by atoms with Crippen LogP contribution in [-0.4, -0.2) is 50.1 Å². The van der Waals surface area contributed by atoms with Crippen LogP contribution in [0.4, 0.5) is 0 Å². The fourth-order valence-electron chi connectivity index (χ4n) is 2.01. The Labute approximate surface area is 98.8 Å². The first-order chi connectivity index (χ1) is 7.74. The van der Waals surface area contributed by atoms with Crippen molar-refractivity contribution in [1.29, 1.82) is 0 Å². The average molecular weight is 227 g/mol. The van der Waals surface area contributed by atoms with Gasteiger partial charge in [-0.25, -0.2) is 0 Å². The van der Waals surface area contributed by atoms with Crippen LogP contribution in [0.1, 0.15) is 26.7 Å². The quantitative estimate of drug-likeness (QED) is 0.692. The van der Waals surface area contributed by atoms with Gasteiger partial charge in [-0.15, -0.1) is 0 Å². The van der Waals surface area contributed by atoms with Gasteiger partial charge in [0.05, 0.1) is 0 Å². The van der Waals surface area contributed by atoms with Gasteiger partial charge in [-0.05, 0) is 6.42 Å². The number of amides is 1. The largest absolute Gasteiger partial charge is 0.355 e. The van der Waals surface area contributed by atoms with Crippen LogP contribution in [0.25, 0.3) is 0 Å². The van der Waals surface area contributed by atoms with E-state index in [4.69, 9.17) is 0 Å². The molecule has 0 spiro atoms. The third kappa shape index (κ3) is 4.94. The molecule has 4 nitrogen and oxygen atoms in total. The summed E-state index contributed by atoms with van der Waals surface area (Å²) in [7, 11) is 0. The molecule has 1 fully saturated rings. The van der Waals surface area contributed by atoms with E-state index >= 15 is 0 Å². The first kappa shape index (κ1) is 13.5. The molecule has 1 heterocycles. The molecule has 16 heavy (non-hydrogen) atoms. The second kappa shape index (κ2) is 7.63. The Morgan fingerprint density at radius 3 is 2.75 bits per heavy atom. The summed E-state index contributed by atoms with van der Waals surface area (Å²) < 4.78 is 0. The molecule has 2 N–H and O–H groups in total. The van der Waals surface area contributed by atoms with Gasteiger partial charge in [0.15, 0.2) is 0 Å². The van der Waals surface area contributed by atoms with Crippen LogP contribution in [0.5, 0.6) is 0 Å². The molecule has 0 aromatic carbocycles. The van der Waals surface area contributed by atoms with Crippen molar-refractivity contribution in [2.24, 2.45) is 5.92 Å². The second-order valence-electron chi connectivity index (χ2n) is 4.57. The monoisotopic (exact) mass is 227 g/mol. The second-order valence-corrected chi connectivity index (χ2v) is 4.57. The maximum Gasteiger partial charge on any atom is 0.222 e. The summed E-state index contributed by atoms with van der Waals surface area (Å²) in [6, 6.07) is 0. The SMILES string of the molecule is CCCC(C)C(=O)NCCN1CCNCC1. The fraction of sp³-hybridized carbons (Fsp3) is 0.917. The fourth-order valence-corrected chi connectivity index (χ4v) is 2.01. The first-order valence-electron chi connectivity index (χ1n) is 6.44. The minimum atomic E-state index is 0.160. The molecule has 1 aliphatic rings. The molecule has 4 heteroatoms. The highest BCUT2D eigenvalue weighted by Crippen LogP contribution is 2.04. The topological polar surface area (TPSA) is 44.4 Å². The van der Waals surface area contributed by atoms with Crippen molar-refractivity contribution in [3.8, 4) is 0 Å². The summed E-state index contributed by atoms with van der Waals surface area (Å²) in [5.74, 6) is 0.366. The molecule has 0 aromatic heterocycles. The Balaban J connectivity index is 2.07. The van der Waals surface area contributed by atoms with Crippen molar-refractivity contribution < 1.29 is 4.79 Å². The lowest BCUT2D eigenvalue weighted by molar-refractivity contribution is -0.124. The van der Waals surface area contributed by atoms with E-state index in [2.05, 4.69) is 22.5 Å². The van der Waals surface area contributed by atoms with E-state index in [0.29, 0.717) is 0 Å². The summed E-state index contributed by atoms with van der Waals surface area (Å²) in [6.07, 6.45) is 2.06. The lowest BCUT2D eigenvalue weighted by Gasteiger charge is -2.27. The van der Waals surface area contributed by atoms with E-state index in [1.54, 1.807) is 0 Å². The number of nitrogens with zero attached hydrogens (tertiary/aromatic N) is 1. The van der Waals surface area contributed by atoms with Crippen LogP contribution >= 0.6 is 0 Å². The van der Waals surface area contributed by atoms with Crippen LogP contribution in [-0.2, 0) is 4.79 Å². The molecule has 1 aliphatic heterocycles. The van der Waals surface area contributed by atoms with Crippen LogP contribution in [0, 0.1) is 5.92 Å². The molecule has 1 saturated heterocycles. The molecular weight excluding hydrogens is 202 g/mol. The number of nitrogens with one attached hydrogen (secondary N) is 2. The zero-order chi connectivity index (χ0) is 11.8. The number of carbonyl (C=O) groups excluding carboxylic acids is 1. The first-order valence-corrected chi connectivity index (χ1v) is 6.44. The van der Waals surface area contributed by atoms with Crippen molar-refractivity contribution in [2.75, 3.05) is 39.3 Å². The van der Waals surface area contributed by atoms with E-state index < -0.39 is 0 Å². The lowest BCUT2D eigenvalue weighted by atomic mass is 10.1. The molecule has 1 atom stereocenters. The van der Waals surface area contributed by atoms with Gasteiger partial charge in [0.2, 0.25) is 5.91 Å². The van der Waals surface area contributed by atoms with Crippen molar-refractivity contribution in [2.45, 2.75) is 26.7 Å². The Morgan fingerprint density at radius 1 is 1.44 bits per heavy atom. The Kier molecular flexibility index (Phi) is 6.42. The van der Waals surface area contributed by atoms with E-state index in [9.17, 15) is 4.79 Å². The van der Waals surface area contributed by atoms with Gasteiger partial charge in [0.1, 0.15) is 0 Å². The van der Waals surface area contributed by atoms with Gasteiger partial charge in [0.25, 0.3) is 0 Å². The van der Waals surface area contributed by atoms with E-state index in [1.807, 2.05) is 6.92 Å². The molecule has 0 aromatic rings. The van der Waals surface area contributed by atoms with E-state index in [1.165, 1.54) is 0 Å². The van der Waals surface area contributed by atoms with Gasteiger partial charge >= 0.3 is 0 Å². The van der Waals surface area contributed by atoms with Crippen LogP contribution in [0.2, 0.25) is 0 Å². The summed E-state index contributed by atoms with van der Waals surface area (Å²) in [5, 5.41) is 6.33. The maximum absolute atomic E-state index is 11.6. The number of carbonyl (C=O) groups is 1. The molecule has 0 aliphatic carbocycles. The molecule has 1 rings (SSSR count). The number of piperazine rings is 1. The number of rotatable bonds is 6. The predicted octanol–water partition coefficient (Wildman–Crippen LogP) is 0.444. The highest BCUT2D eigenvalue weighted by atomic mass is 16.1. The van der Waals surface area contributed by atoms with Crippen molar-refractivity contribution in [3.05, 3.63) is 0 Å². The zero-order valence-corrected chi connectivity index (χ0v) is 10.6. The summed E-state index contributed by atoms with van der Waals surface area (Å²) in [5.41, 5.74) is 0. The third-order valence-corrected chi connectivity index (χ3v) is 3.11. The minimum Gasteiger partial charge on any atom is -0.355 e. The summed E-state index contributed by atoms with van der Waals surface area (Å²) in [6.45, 7) is 10.2. The average Bonchev–Trinajstić information content (AvgIpc) is 2.30. The van der Waals surface area contributed by atoms with Crippen molar-refractivity contribution in [1.82, 2.24) is 15.5 Å². The highest BCUT2D eigenvalue weighted by Gasteiger charge is 2.12. The number of hydrogen-bond donors (Lipinski definition) is 2. The Bertz CT molecular complexity index is 202. The molecule has 1 amide bonds. The molecule has 0 saturated carbocycles. The predicted molar refractivity (Wildman–Crippen MR) is 66.4 cm³/mol. The Hall–Kier alpha value is -0.610. The maximum atomic E-state index is 11.6. The van der Waals surface area contributed by atoms with Gasteiger partial charge in [-0.1, -0.05) is 20.3 Å². The lowest BCUT2D eigenvalue weighted by Crippen LogP contribution is -2.46. The van der Waals surface area contributed by atoms with Crippen LogP contribution in [0.3, 0.4) is 0 Å². The minimum absolute atomic E-state index is 0.160. The standard InChI is InChI=1S/C12H25N3O/c1-3-4-11(2)12(16)14-7-10-15-8-5-13-6-9-15/h11,13H,3-10H2,1-2H3,(H,14,16). The van der Waals surface area contributed by atoms with E-state index in [0.717, 1.165) is 52.1 Å². The van der Waals surface area contributed by atoms with Crippen molar-refractivity contribution in [3.63, 3.8) is 0 Å². The van der Waals surface area contributed by atoms with E-state index in [-0.39, 0.29) is 11.8 Å². The van der Waals surface area contributed by atoms with Crippen molar-refractivity contribution >= 4 is 5.91 Å². The smallest absolute Gasteiger partial charge is 0.222 e. The van der Waals surface area contributed by atoms with Crippen LogP contribution in [0.15, 0.2) is 0 Å². The Morgan fingerprint density at radius 2 is 2.12 bits per heavy atom. The van der Waals surface area contributed by atoms with Gasteiger partial charge in [-0.2, -0.15) is 0 Å². The summed E-state index contributed by atoms with van der Waals surface area (Å²) in [4.78, 5) is 14.0. The summed E-state index contributed by atoms with van der Waals surface area (Å²) >= 11 is 0. The van der Waals surface area contributed by atoms with Gasteiger partial charge in [0, 0.05) is 45.2 Å². The molecule has 0 radical (unpaired) electrons. The third-order valence-electron chi connectivity index (χ3n) is 3.11. The highest BCUT2D eigenvalue weighted by molar-refractivity contribution is 5.78.